The van der Waals surface area contributed by atoms with Gasteiger partial charge in [0.05, 0.1) is 7.11 Å². The molecule has 1 aliphatic heterocycles. The standard InChI is InChI=1S/C23H24N2O4S2/c1-24(15-17-6-5-9-20(14-17)29-2)23(26)22-21(11-13-30-22)31(27,28)25-12-10-18-7-3-4-8-19(18)16-25/h3-9,11,13-14H,10,12,15-16H2,1-2H3. The maximum atomic E-state index is 13.4. The summed E-state index contributed by atoms with van der Waals surface area (Å²) in [4.78, 5) is 15.0. The lowest BCUT2D eigenvalue weighted by Gasteiger charge is -2.28. The largest absolute Gasteiger partial charge is 0.497 e. The van der Waals surface area contributed by atoms with E-state index in [0.717, 1.165) is 22.5 Å². The summed E-state index contributed by atoms with van der Waals surface area (Å²) in [6.07, 6.45) is 0.665. The second-order valence-corrected chi connectivity index (χ2v) is 10.3. The van der Waals surface area contributed by atoms with Crippen molar-refractivity contribution in [2.24, 2.45) is 0 Å². The SMILES string of the molecule is COc1cccc(CN(C)C(=O)c2sccc2S(=O)(=O)N2CCc3ccccc3C2)c1. The molecule has 4 rings (SSSR count). The maximum absolute atomic E-state index is 13.4. The molecule has 6 nitrogen and oxygen atoms in total. The van der Waals surface area contributed by atoms with Crippen molar-refractivity contribution >= 4 is 27.3 Å². The summed E-state index contributed by atoms with van der Waals surface area (Å²) in [6.45, 7) is 1.08. The molecule has 1 aromatic heterocycles. The van der Waals surface area contributed by atoms with Gasteiger partial charge in [-0.2, -0.15) is 4.31 Å². The van der Waals surface area contributed by atoms with Crippen molar-refractivity contribution in [3.63, 3.8) is 0 Å². The number of amides is 1. The van der Waals surface area contributed by atoms with E-state index >= 15 is 0 Å². The molecule has 1 aliphatic rings. The van der Waals surface area contributed by atoms with Crippen LogP contribution in [0.25, 0.3) is 0 Å². The molecule has 0 fully saturated rings. The average molecular weight is 457 g/mol. The number of hydrogen-bond acceptors (Lipinski definition) is 5. The van der Waals surface area contributed by atoms with Crippen LogP contribution in [0, 0.1) is 0 Å². The van der Waals surface area contributed by atoms with E-state index in [0.29, 0.717) is 31.8 Å². The lowest BCUT2D eigenvalue weighted by Crippen LogP contribution is -2.37. The fraction of sp³-hybridized carbons (Fsp3) is 0.261. The molecule has 1 amide bonds. The summed E-state index contributed by atoms with van der Waals surface area (Å²) in [5.74, 6) is 0.400. The number of sulfonamides is 1. The Balaban J connectivity index is 1.55. The van der Waals surface area contributed by atoms with Gasteiger partial charge in [0.1, 0.15) is 15.5 Å². The zero-order valence-corrected chi connectivity index (χ0v) is 19.1. The van der Waals surface area contributed by atoms with Gasteiger partial charge in [0.2, 0.25) is 10.0 Å². The van der Waals surface area contributed by atoms with E-state index in [2.05, 4.69) is 0 Å². The van der Waals surface area contributed by atoms with Gasteiger partial charge in [-0.25, -0.2) is 8.42 Å². The Morgan fingerprint density at radius 1 is 1.13 bits per heavy atom. The van der Waals surface area contributed by atoms with E-state index in [9.17, 15) is 13.2 Å². The van der Waals surface area contributed by atoms with Gasteiger partial charge in [0.25, 0.3) is 5.91 Å². The van der Waals surface area contributed by atoms with Gasteiger partial charge < -0.3 is 9.64 Å². The summed E-state index contributed by atoms with van der Waals surface area (Å²) in [7, 11) is -0.509. The number of carbonyl (C=O) groups excluding carboxylic acids is 1. The minimum absolute atomic E-state index is 0.0828. The Morgan fingerprint density at radius 3 is 2.68 bits per heavy atom. The third kappa shape index (κ3) is 4.37. The molecule has 0 unspecified atom stereocenters. The molecule has 2 aromatic carbocycles. The van der Waals surface area contributed by atoms with Crippen LogP contribution in [-0.2, 0) is 29.5 Å². The third-order valence-corrected chi connectivity index (χ3v) is 8.36. The molecule has 0 bridgehead atoms. The summed E-state index contributed by atoms with van der Waals surface area (Å²) in [6, 6.07) is 16.9. The van der Waals surface area contributed by atoms with Gasteiger partial charge in [-0.05, 0) is 46.7 Å². The van der Waals surface area contributed by atoms with Crippen molar-refractivity contribution < 1.29 is 17.9 Å². The number of rotatable bonds is 6. The number of thiophene rings is 1. The summed E-state index contributed by atoms with van der Waals surface area (Å²) in [5.41, 5.74) is 3.09. The van der Waals surface area contributed by atoms with Gasteiger partial charge in [-0.1, -0.05) is 36.4 Å². The molecule has 8 heteroatoms. The van der Waals surface area contributed by atoms with Crippen LogP contribution in [0.5, 0.6) is 5.75 Å². The molecule has 0 saturated carbocycles. The van der Waals surface area contributed by atoms with Crippen LogP contribution in [0.2, 0.25) is 0 Å². The summed E-state index contributed by atoms with van der Waals surface area (Å²) in [5, 5.41) is 1.66. The number of methoxy groups -OCH3 is 1. The molecule has 0 atom stereocenters. The van der Waals surface area contributed by atoms with Crippen LogP contribution in [0.3, 0.4) is 0 Å². The molecule has 31 heavy (non-hydrogen) atoms. The Bertz CT molecular complexity index is 1200. The molecule has 2 heterocycles. The number of benzene rings is 2. The maximum Gasteiger partial charge on any atom is 0.265 e. The molecule has 162 valence electrons. The van der Waals surface area contributed by atoms with Crippen molar-refractivity contribution in [2.75, 3.05) is 20.7 Å². The first-order valence-corrected chi connectivity index (χ1v) is 12.2. The highest BCUT2D eigenvalue weighted by Crippen LogP contribution is 2.30. The van der Waals surface area contributed by atoms with Crippen molar-refractivity contribution in [3.8, 4) is 5.75 Å². The fourth-order valence-corrected chi connectivity index (χ4v) is 6.57. The average Bonchev–Trinajstić information content (AvgIpc) is 3.29. The molecule has 3 aromatic rings. The van der Waals surface area contributed by atoms with Crippen molar-refractivity contribution in [1.29, 1.82) is 0 Å². The first kappa shape index (κ1) is 21.5. The lowest BCUT2D eigenvalue weighted by atomic mass is 10.0. The van der Waals surface area contributed by atoms with Gasteiger partial charge in [0, 0.05) is 26.7 Å². The van der Waals surface area contributed by atoms with E-state index in [1.807, 2.05) is 48.5 Å². The predicted octanol–water partition coefficient (Wildman–Crippen LogP) is 3.78. The van der Waals surface area contributed by atoms with E-state index in [-0.39, 0.29) is 15.7 Å². The molecule has 0 radical (unpaired) electrons. The third-order valence-electron chi connectivity index (χ3n) is 5.44. The van der Waals surface area contributed by atoms with Gasteiger partial charge in [-0.15, -0.1) is 11.3 Å². The van der Waals surface area contributed by atoms with Crippen LogP contribution in [-0.4, -0.2) is 44.2 Å². The van der Waals surface area contributed by atoms with E-state index < -0.39 is 10.0 Å². The Hall–Kier alpha value is -2.68. The van der Waals surface area contributed by atoms with Crippen LogP contribution in [0.4, 0.5) is 0 Å². The van der Waals surface area contributed by atoms with Crippen LogP contribution >= 0.6 is 11.3 Å². The van der Waals surface area contributed by atoms with Gasteiger partial charge in [-0.3, -0.25) is 4.79 Å². The Labute approximate surface area is 186 Å². The number of nitrogens with zero attached hydrogens (tertiary/aromatic N) is 2. The molecular formula is C23H24N2O4S2. The zero-order valence-electron chi connectivity index (χ0n) is 17.4. The second-order valence-electron chi connectivity index (χ2n) is 7.48. The number of carbonyl (C=O) groups is 1. The smallest absolute Gasteiger partial charge is 0.265 e. The summed E-state index contributed by atoms with van der Waals surface area (Å²) < 4.78 is 33.5. The quantitative estimate of drug-likeness (QED) is 0.566. The molecule has 0 saturated heterocycles. The van der Waals surface area contributed by atoms with Crippen molar-refractivity contribution in [2.45, 2.75) is 24.4 Å². The zero-order chi connectivity index (χ0) is 22.0. The molecule has 0 aliphatic carbocycles. The molecule has 0 spiro atoms. The lowest BCUT2D eigenvalue weighted by molar-refractivity contribution is 0.0786. The topological polar surface area (TPSA) is 66.9 Å². The highest BCUT2D eigenvalue weighted by Gasteiger charge is 2.33. The first-order valence-electron chi connectivity index (χ1n) is 9.93. The van der Waals surface area contributed by atoms with Gasteiger partial charge >= 0.3 is 0 Å². The van der Waals surface area contributed by atoms with E-state index in [4.69, 9.17) is 4.74 Å². The minimum atomic E-state index is -3.78. The fourth-order valence-electron chi connectivity index (χ4n) is 3.76. The second kappa shape index (κ2) is 8.82. The monoisotopic (exact) mass is 456 g/mol. The predicted molar refractivity (Wildman–Crippen MR) is 121 cm³/mol. The number of fused-ring (bicyclic) bond motifs is 1. The highest BCUT2D eigenvalue weighted by atomic mass is 32.2. The molecular weight excluding hydrogens is 432 g/mol. The minimum Gasteiger partial charge on any atom is -0.497 e. The Kier molecular flexibility index (Phi) is 6.13. The number of ether oxygens (including phenoxy) is 1. The van der Waals surface area contributed by atoms with Crippen LogP contribution in [0.1, 0.15) is 26.4 Å². The van der Waals surface area contributed by atoms with Crippen LogP contribution < -0.4 is 4.74 Å². The number of hydrogen-bond donors (Lipinski definition) is 0. The van der Waals surface area contributed by atoms with Crippen LogP contribution in [0.15, 0.2) is 64.9 Å². The normalized spacial score (nSPS) is 14.1. The highest BCUT2D eigenvalue weighted by molar-refractivity contribution is 7.89. The van der Waals surface area contributed by atoms with E-state index in [1.54, 1.807) is 19.5 Å². The van der Waals surface area contributed by atoms with Crippen molar-refractivity contribution in [3.05, 3.63) is 81.5 Å². The van der Waals surface area contributed by atoms with Crippen molar-refractivity contribution in [1.82, 2.24) is 9.21 Å². The summed E-state index contributed by atoms with van der Waals surface area (Å²) >= 11 is 1.16. The van der Waals surface area contributed by atoms with E-state index in [1.165, 1.54) is 20.8 Å². The Morgan fingerprint density at radius 2 is 1.90 bits per heavy atom. The molecule has 0 N–H and O–H groups in total. The first-order chi connectivity index (χ1) is 14.9. The van der Waals surface area contributed by atoms with Gasteiger partial charge in [0.15, 0.2) is 0 Å².